The molecule has 2 N–H and O–H groups in total. The molecule has 23 heavy (non-hydrogen) atoms. The third-order valence-electron chi connectivity index (χ3n) is 4.22. The van der Waals surface area contributed by atoms with Crippen molar-refractivity contribution >= 4 is 29.9 Å². The highest BCUT2D eigenvalue weighted by molar-refractivity contribution is 14.0. The lowest BCUT2D eigenvalue weighted by molar-refractivity contribution is -0.0855. The van der Waals surface area contributed by atoms with Crippen LogP contribution in [0.2, 0.25) is 0 Å². The molecule has 1 aromatic carbocycles. The highest BCUT2D eigenvalue weighted by Gasteiger charge is 2.32. The van der Waals surface area contributed by atoms with Crippen LogP contribution in [0.5, 0.6) is 0 Å². The molecule has 0 amide bonds. The monoisotopic (exact) mass is 433 g/mol. The highest BCUT2D eigenvalue weighted by Crippen LogP contribution is 2.23. The molecule has 0 aliphatic carbocycles. The Hall–Kier alpha value is -0.860. The number of nitrogens with one attached hydrogen (secondary N) is 2. The van der Waals surface area contributed by atoms with Crippen LogP contribution >= 0.6 is 24.0 Å². The molecule has 1 saturated heterocycles. The van der Waals surface area contributed by atoms with Gasteiger partial charge in [0.2, 0.25) is 0 Å². The predicted molar refractivity (Wildman–Crippen MR) is 105 cm³/mol. The predicted octanol–water partition coefficient (Wildman–Crippen LogP) is 2.47. The molecule has 0 aromatic heterocycles. The lowest BCUT2D eigenvalue weighted by Crippen LogP contribution is -2.50. The summed E-state index contributed by atoms with van der Waals surface area (Å²) in [5.74, 6) is 0.795. The van der Waals surface area contributed by atoms with Gasteiger partial charge in [0.25, 0.3) is 0 Å². The number of methoxy groups -OCH3 is 1. The molecule has 1 aliphatic heterocycles. The lowest BCUT2D eigenvalue weighted by atomic mass is 9.94. The van der Waals surface area contributed by atoms with Crippen LogP contribution in [-0.4, -0.2) is 45.5 Å². The average molecular weight is 433 g/mol. The molecule has 130 valence electrons. The van der Waals surface area contributed by atoms with Gasteiger partial charge in [-0.15, -0.1) is 24.0 Å². The van der Waals surface area contributed by atoms with Gasteiger partial charge in [0, 0.05) is 53.3 Å². The van der Waals surface area contributed by atoms with Crippen molar-refractivity contribution < 1.29 is 9.47 Å². The van der Waals surface area contributed by atoms with Gasteiger partial charge < -0.3 is 20.1 Å². The van der Waals surface area contributed by atoms with Crippen LogP contribution in [0.1, 0.15) is 24.0 Å². The fourth-order valence-electron chi connectivity index (χ4n) is 2.55. The second kappa shape index (κ2) is 10.1. The van der Waals surface area contributed by atoms with Crippen molar-refractivity contribution in [2.24, 2.45) is 4.99 Å². The molecule has 5 nitrogen and oxygen atoms in total. The van der Waals surface area contributed by atoms with E-state index in [1.165, 1.54) is 11.1 Å². The van der Waals surface area contributed by atoms with Crippen molar-refractivity contribution in [3.05, 3.63) is 35.4 Å². The van der Waals surface area contributed by atoms with E-state index in [0.717, 1.165) is 45.1 Å². The van der Waals surface area contributed by atoms with E-state index in [0.29, 0.717) is 0 Å². The van der Waals surface area contributed by atoms with Crippen LogP contribution in [0.15, 0.2) is 29.3 Å². The van der Waals surface area contributed by atoms with Crippen LogP contribution in [-0.2, 0) is 16.0 Å². The zero-order valence-corrected chi connectivity index (χ0v) is 16.6. The Morgan fingerprint density at radius 3 is 2.43 bits per heavy atom. The molecule has 1 aliphatic rings. The number of aryl methyl sites for hydroxylation is 1. The second-order valence-corrected chi connectivity index (χ2v) is 5.76. The number of hydrogen-bond acceptors (Lipinski definition) is 3. The number of hydrogen-bond donors (Lipinski definition) is 2. The first-order valence-corrected chi connectivity index (χ1v) is 7.80. The summed E-state index contributed by atoms with van der Waals surface area (Å²) in [6, 6.07) is 8.50. The minimum absolute atomic E-state index is 0. The van der Waals surface area contributed by atoms with Crippen molar-refractivity contribution in [2.75, 3.05) is 33.9 Å². The fourth-order valence-corrected chi connectivity index (χ4v) is 2.55. The van der Waals surface area contributed by atoms with Crippen LogP contribution in [0.3, 0.4) is 0 Å². The van der Waals surface area contributed by atoms with E-state index < -0.39 is 0 Å². The minimum Gasteiger partial charge on any atom is -0.381 e. The first-order chi connectivity index (χ1) is 10.7. The Morgan fingerprint density at radius 2 is 1.87 bits per heavy atom. The number of rotatable bonds is 5. The van der Waals surface area contributed by atoms with Gasteiger partial charge in [-0.25, -0.2) is 0 Å². The minimum atomic E-state index is -0.153. The summed E-state index contributed by atoms with van der Waals surface area (Å²) in [5, 5.41) is 6.71. The molecule has 0 spiro atoms. The number of aliphatic imine (C=N–C) groups is 1. The van der Waals surface area contributed by atoms with Crippen LogP contribution in [0.4, 0.5) is 0 Å². The van der Waals surface area contributed by atoms with Crippen molar-refractivity contribution in [3.8, 4) is 0 Å². The number of nitrogens with zero attached hydrogens (tertiary/aromatic N) is 1. The molecule has 0 bridgehead atoms. The van der Waals surface area contributed by atoms with Crippen LogP contribution in [0.25, 0.3) is 0 Å². The molecule has 2 rings (SSSR count). The maximum Gasteiger partial charge on any atom is 0.191 e. The van der Waals surface area contributed by atoms with Crippen LogP contribution < -0.4 is 10.6 Å². The van der Waals surface area contributed by atoms with Crippen molar-refractivity contribution in [3.63, 3.8) is 0 Å². The van der Waals surface area contributed by atoms with Gasteiger partial charge >= 0.3 is 0 Å². The molecule has 0 radical (unpaired) electrons. The SMILES string of the molecule is CN=C(NCc1ccc(C)cc1)NCC1(OC)CCOCC1.I. The Bertz CT molecular complexity index is 485. The van der Waals surface area contributed by atoms with E-state index in [1.54, 1.807) is 14.2 Å². The maximum absolute atomic E-state index is 5.72. The van der Waals surface area contributed by atoms with Gasteiger partial charge in [-0.3, -0.25) is 4.99 Å². The van der Waals surface area contributed by atoms with E-state index in [-0.39, 0.29) is 29.6 Å². The Balaban J connectivity index is 0.00000264. The van der Waals surface area contributed by atoms with Gasteiger partial charge in [-0.2, -0.15) is 0 Å². The second-order valence-electron chi connectivity index (χ2n) is 5.76. The molecule has 1 aromatic rings. The largest absolute Gasteiger partial charge is 0.381 e. The van der Waals surface area contributed by atoms with E-state index in [2.05, 4.69) is 46.8 Å². The quantitative estimate of drug-likeness (QED) is 0.426. The number of ether oxygens (including phenoxy) is 2. The first-order valence-electron chi connectivity index (χ1n) is 7.80. The maximum atomic E-state index is 5.72. The Morgan fingerprint density at radius 1 is 1.22 bits per heavy atom. The summed E-state index contributed by atoms with van der Waals surface area (Å²) in [5.41, 5.74) is 2.36. The standard InChI is InChI=1S/C17H27N3O2.HI/c1-14-4-6-15(7-5-14)12-19-16(18-2)20-13-17(21-3)8-10-22-11-9-17;/h4-7H,8-13H2,1-3H3,(H2,18,19,20);1H. The average Bonchev–Trinajstić information content (AvgIpc) is 2.57. The smallest absolute Gasteiger partial charge is 0.191 e. The van der Waals surface area contributed by atoms with Crippen LogP contribution in [0, 0.1) is 6.92 Å². The normalized spacial score (nSPS) is 17.3. The van der Waals surface area contributed by atoms with Crippen molar-refractivity contribution in [1.29, 1.82) is 0 Å². The third-order valence-corrected chi connectivity index (χ3v) is 4.22. The number of halogens is 1. The topological polar surface area (TPSA) is 54.9 Å². The number of benzene rings is 1. The fraction of sp³-hybridized carbons (Fsp3) is 0.588. The molecule has 0 unspecified atom stereocenters. The summed E-state index contributed by atoms with van der Waals surface area (Å²) in [7, 11) is 3.56. The van der Waals surface area contributed by atoms with E-state index >= 15 is 0 Å². The van der Waals surface area contributed by atoms with Gasteiger partial charge in [0.1, 0.15) is 0 Å². The van der Waals surface area contributed by atoms with Gasteiger partial charge in [0.05, 0.1) is 5.60 Å². The van der Waals surface area contributed by atoms with Gasteiger partial charge in [-0.05, 0) is 12.5 Å². The summed E-state index contributed by atoms with van der Waals surface area (Å²) < 4.78 is 11.1. The molecule has 0 atom stereocenters. The molecule has 1 fully saturated rings. The van der Waals surface area contributed by atoms with Gasteiger partial charge in [-0.1, -0.05) is 29.8 Å². The molecular formula is C17H28IN3O2. The lowest BCUT2D eigenvalue weighted by Gasteiger charge is -2.36. The molecule has 6 heteroatoms. The van der Waals surface area contributed by atoms with E-state index in [1.807, 2.05) is 0 Å². The zero-order valence-electron chi connectivity index (χ0n) is 14.2. The summed E-state index contributed by atoms with van der Waals surface area (Å²) in [4.78, 5) is 4.28. The molecule has 1 heterocycles. The zero-order chi connectivity index (χ0) is 15.8. The first kappa shape index (κ1) is 20.2. The number of guanidine groups is 1. The highest BCUT2D eigenvalue weighted by atomic mass is 127. The Kier molecular flexibility index (Phi) is 8.86. The molecule has 0 saturated carbocycles. The van der Waals surface area contributed by atoms with Gasteiger partial charge in [0.15, 0.2) is 5.96 Å². The third kappa shape index (κ3) is 6.27. The van der Waals surface area contributed by atoms with E-state index in [9.17, 15) is 0 Å². The molecular weight excluding hydrogens is 405 g/mol. The summed E-state index contributed by atoms with van der Waals surface area (Å²) in [6.07, 6.45) is 1.82. The Labute approximate surface area is 156 Å². The van der Waals surface area contributed by atoms with Crippen molar-refractivity contribution in [1.82, 2.24) is 10.6 Å². The van der Waals surface area contributed by atoms with E-state index in [4.69, 9.17) is 9.47 Å². The van der Waals surface area contributed by atoms with Crippen molar-refractivity contribution in [2.45, 2.75) is 31.9 Å². The summed E-state index contributed by atoms with van der Waals surface area (Å²) in [6.45, 7) is 5.09. The summed E-state index contributed by atoms with van der Waals surface area (Å²) >= 11 is 0.